The lowest BCUT2D eigenvalue weighted by Gasteiger charge is -2.11. The molecule has 0 aliphatic heterocycles. The van der Waals surface area contributed by atoms with Gasteiger partial charge in [0.15, 0.2) is 12.2 Å². The topological polar surface area (TPSA) is 74.5 Å². The van der Waals surface area contributed by atoms with Crippen LogP contribution < -0.4 is 9.47 Å². The molecule has 2 aromatic carbocycles. The van der Waals surface area contributed by atoms with Gasteiger partial charge in [0.25, 0.3) is 0 Å². The van der Waals surface area contributed by atoms with Crippen molar-refractivity contribution >= 4 is 17.1 Å². The summed E-state index contributed by atoms with van der Waals surface area (Å²) in [7, 11) is 0. The van der Waals surface area contributed by atoms with Crippen molar-refractivity contribution in [3.63, 3.8) is 0 Å². The number of oxazole rings is 1. The third kappa shape index (κ3) is 3.71. The molecule has 0 saturated heterocycles. The molecule has 4 rings (SSSR count). The van der Waals surface area contributed by atoms with Crippen LogP contribution in [0.3, 0.4) is 0 Å². The maximum absolute atomic E-state index is 12.2. The van der Waals surface area contributed by atoms with E-state index >= 15 is 0 Å². The third-order valence-electron chi connectivity index (χ3n) is 4.22. The Bertz CT molecular complexity index is 1120. The van der Waals surface area contributed by atoms with E-state index in [0.717, 1.165) is 11.1 Å². The van der Waals surface area contributed by atoms with Crippen molar-refractivity contribution in [2.45, 2.75) is 13.8 Å². The number of fused-ring (bicyclic) bond motifs is 1. The first-order valence-corrected chi connectivity index (χ1v) is 8.82. The van der Waals surface area contributed by atoms with E-state index in [1.807, 2.05) is 50.2 Å². The molecule has 140 valence electrons. The van der Waals surface area contributed by atoms with Crippen LogP contribution in [-0.4, -0.2) is 22.5 Å². The van der Waals surface area contributed by atoms with Crippen LogP contribution in [0.25, 0.3) is 22.7 Å². The number of carbonyl (C=O) groups is 1. The van der Waals surface area contributed by atoms with E-state index in [4.69, 9.17) is 13.9 Å². The number of pyridine rings is 1. The fourth-order valence-electron chi connectivity index (χ4n) is 2.89. The average Bonchev–Trinajstić information content (AvgIpc) is 3.12. The van der Waals surface area contributed by atoms with Crippen LogP contribution in [0, 0.1) is 13.8 Å². The third-order valence-corrected chi connectivity index (χ3v) is 4.22. The van der Waals surface area contributed by atoms with Crippen LogP contribution in [0.15, 0.2) is 65.2 Å². The largest absolute Gasteiger partial charge is 0.481 e. The lowest BCUT2D eigenvalue weighted by atomic mass is 10.1. The Morgan fingerprint density at radius 3 is 2.61 bits per heavy atom. The highest BCUT2D eigenvalue weighted by molar-refractivity contribution is 5.79. The Labute approximate surface area is 161 Å². The van der Waals surface area contributed by atoms with E-state index in [2.05, 4.69) is 9.97 Å². The normalized spacial score (nSPS) is 10.8. The number of ether oxygens (including phenoxy) is 2. The van der Waals surface area contributed by atoms with Gasteiger partial charge in [-0.2, -0.15) is 0 Å². The van der Waals surface area contributed by atoms with Crippen molar-refractivity contribution in [3.05, 3.63) is 71.9 Å². The van der Waals surface area contributed by atoms with Crippen LogP contribution in [-0.2, 0) is 4.79 Å². The van der Waals surface area contributed by atoms with Gasteiger partial charge in [-0.05, 0) is 49.2 Å². The van der Waals surface area contributed by atoms with Gasteiger partial charge in [0.1, 0.15) is 22.7 Å². The summed E-state index contributed by atoms with van der Waals surface area (Å²) < 4.78 is 16.7. The minimum absolute atomic E-state index is 0.181. The number of rotatable bonds is 5. The van der Waals surface area contributed by atoms with Crippen LogP contribution in [0.5, 0.6) is 11.5 Å². The predicted molar refractivity (Wildman–Crippen MR) is 104 cm³/mol. The number of carbonyl (C=O) groups excluding carboxylic acids is 1. The SMILES string of the molecule is Cc1cccc(C)c1OCC(=O)Oc1ccc2nc(-c3ccccn3)oc2c1. The Balaban J connectivity index is 1.46. The molecule has 6 heteroatoms. The molecule has 6 nitrogen and oxygen atoms in total. The molecule has 2 heterocycles. The van der Waals surface area contributed by atoms with Crippen molar-refractivity contribution in [3.8, 4) is 23.1 Å². The molecule has 0 aliphatic rings. The number of hydrogen-bond donors (Lipinski definition) is 0. The van der Waals surface area contributed by atoms with Crippen molar-refractivity contribution in [1.29, 1.82) is 0 Å². The molecule has 0 radical (unpaired) electrons. The average molecular weight is 374 g/mol. The van der Waals surface area contributed by atoms with Gasteiger partial charge in [-0.15, -0.1) is 0 Å². The van der Waals surface area contributed by atoms with Gasteiger partial charge in [-0.3, -0.25) is 4.98 Å². The van der Waals surface area contributed by atoms with Crippen molar-refractivity contribution in [2.75, 3.05) is 6.61 Å². The van der Waals surface area contributed by atoms with Crippen molar-refractivity contribution in [2.24, 2.45) is 0 Å². The van der Waals surface area contributed by atoms with Gasteiger partial charge >= 0.3 is 5.97 Å². The van der Waals surface area contributed by atoms with E-state index in [9.17, 15) is 4.79 Å². The number of nitrogens with zero attached hydrogens (tertiary/aromatic N) is 2. The Morgan fingerprint density at radius 1 is 1.04 bits per heavy atom. The van der Waals surface area contributed by atoms with Crippen LogP contribution >= 0.6 is 0 Å². The summed E-state index contributed by atoms with van der Waals surface area (Å²) in [6, 6.07) is 16.4. The zero-order valence-electron chi connectivity index (χ0n) is 15.5. The highest BCUT2D eigenvalue weighted by Gasteiger charge is 2.13. The van der Waals surface area contributed by atoms with Gasteiger partial charge in [-0.25, -0.2) is 9.78 Å². The highest BCUT2D eigenvalue weighted by atomic mass is 16.6. The van der Waals surface area contributed by atoms with E-state index < -0.39 is 5.97 Å². The molecule has 4 aromatic rings. The predicted octanol–water partition coefficient (Wildman–Crippen LogP) is 4.49. The molecule has 0 unspecified atom stereocenters. The summed E-state index contributed by atoms with van der Waals surface area (Å²) >= 11 is 0. The van der Waals surface area contributed by atoms with Crippen LogP contribution in [0.2, 0.25) is 0 Å². The molecule has 0 bridgehead atoms. The van der Waals surface area contributed by atoms with Gasteiger partial charge in [0.05, 0.1) is 0 Å². The molecular weight excluding hydrogens is 356 g/mol. The maximum Gasteiger partial charge on any atom is 0.349 e. The second kappa shape index (κ2) is 7.52. The molecule has 0 atom stereocenters. The van der Waals surface area contributed by atoms with E-state index in [0.29, 0.717) is 34.2 Å². The first-order chi connectivity index (χ1) is 13.6. The minimum Gasteiger partial charge on any atom is -0.481 e. The number of aryl methyl sites for hydroxylation is 2. The fraction of sp³-hybridized carbons (Fsp3) is 0.136. The quantitative estimate of drug-likeness (QED) is 0.378. The molecule has 0 fully saturated rings. The summed E-state index contributed by atoms with van der Waals surface area (Å²) in [5.74, 6) is 0.986. The second-order valence-corrected chi connectivity index (χ2v) is 6.35. The van der Waals surface area contributed by atoms with Crippen molar-refractivity contribution in [1.82, 2.24) is 9.97 Å². The summed E-state index contributed by atoms with van der Waals surface area (Å²) in [4.78, 5) is 20.8. The summed E-state index contributed by atoms with van der Waals surface area (Å²) in [5, 5.41) is 0. The summed E-state index contributed by atoms with van der Waals surface area (Å²) in [5.41, 5.74) is 3.75. The minimum atomic E-state index is -0.494. The Morgan fingerprint density at radius 2 is 1.86 bits per heavy atom. The second-order valence-electron chi connectivity index (χ2n) is 6.35. The van der Waals surface area contributed by atoms with Gasteiger partial charge in [0, 0.05) is 12.3 Å². The van der Waals surface area contributed by atoms with Gasteiger partial charge in [0.2, 0.25) is 5.89 Å². The van der Waals surface area contributed by atoms with E-state index in [1.165, 1.54) is 0 Å². The molecule has 0 spiro atoms. The smallest absolute Gasteiger partial charge is 0.349 e. The molecular formula is C22H18N2O4. The first-order valence-electron chi connectivity index (χ1n) is 8.82. The molecule has 0 saturated carbocycles. The molecule has 0 amide bonds. The standard InChI is InChI=1S/C22H18N2O4/c1-14-6-5-7-15(2)21(14)26-13-20(25)27-16-9-10-17-19(12-16)28-22(24-17)18-8-3-4-11-23-18/h3-12H,13H2,1-2H3. The van der Waals surface area contributed by atoms with Crippen LogP contribution in [0.1, 0.15) is 11.1 Å². The maximum atomic E-state index is 12.2. The van der Waals surface area contributed by atoms with Crippen molar-refractivity contribution < 1.29 is 18.7 Å². The number of benzene rings is 2. The van der Waals surface area contributed by atoms with E-state index in [-0.39, 0.29) is 6.61 Å². The summed E-state index contributed by atoms with van der Waals surface area (Å²) in [6.45, 7) is 3.69. The Hall–Kier alpha value is -3.67. The molecule has 0 aliphatic carbocycles. The molecule has 0 N–H and O–H groups in total. The lowest BCUT2D eigenvalue weighted by Crippen LogP contribution is -2.18. The molecule has 28 heavy (non-hydrogen) atoms. The van der Waals surface area contributed by atoms with Gasteiger partial charge < -0.3 is 13.9 Å². The number of hydrogen-bond acceptors (Lipinski definition) is 6. The van der Waals surface area contributed by atoms with Crippen LogP contribution in [0.4, 0.5) is 0 Å². The highest BCUT2D eigenvalue weighted by Crippen LogP contribution is 2.26. The van der Waals surface area contributed by atoms with E-state index in [1.54, 1.807) is 24.4 Å². The summed E-state index contributed by atoms with van der Waals surface area (Å²) in [6.07, 6.45) is 1.67. The monoisotopic (exact) mass is 374 g/mol. The van der Waals surface area contributed by atoms with Gasteiger partial charge in [-0.1, -0.05) is 24.3 Å². The Kier molecular flexibility index (Phi) is 4.76. The zero-order chi connectivity index (χ0) is 19.5. The number of para-hydroxylation sites is 1. The zero-order valence-corrected chi connectivity index (χ0v) is 15.5. The fourth-order valence-corrected chi connectivity index (χ4v) is 2.89. The lowest BCUT2D eigenvalue weighted by molar-refractivity contribution is -0.136. The first kappa shape index (κ1) is 17.7. The number of aromatic nitrogens is 2. The number of esters is 1. The molecule has 2 aromatic heterocycles.